The third-order valence-electron chi connectivity index (χ3n) is 6.81. The molecule has 2 aromatic heterocycles. The van der Waals surface area contributed by atoms with Gasteiger partial charge in [0.05, 0.1) is 28.8 Å². The summed E-state index contributed by atoms with van der Waals surface area (Å²) in [6, 6.07) is 2.35. The predicted octanol–water partition coefficient (Wildman–Crippen LogP) is 4.35. The average molecular weight is 416 g/mol. The first-order valence-electron chi connectivity index (χ1n) is 10.9. The Hall–Kier alpha value is -1.63. The Kier molecular flexibility index (Phi) is 5.62. The zero-order valence-corrected chi connectivity index (χ0v) is 19.5. The van der Waals surface area contributed by atoms with Crippen LogP contribution < -0.4 is 10.2 Å². The van der Waals surface area contributed by atoms with Crippen LogP contribution in [0.5, 0.6) is 0 Å². The molecule has 1 fully saturated rings. The number of thiophene rings is 1. The van der Waals surface area contributed by atoms with Crippen LogP contribution in [0.1, 0.15) is 62.5 Å². The van der Waals surface area contributed by atoms with E-state index in [0.717, 1.165) is 39.1 Å². The van der Waals surface area contributed by atoms with Gasteiger partial charge in [-0.25, -0.2) is 4.99 Å². The molecule has 158 valence electrons. The zero-order chi connectivity index (χ0) is 20.8. The van der Waals surface area contributed by atoms with Gasteiger partial charge in [-0.1, -0.05) is 13.8 Å². The lowest BCUT2D eigenvalue weighted by Gasteiger charge is -2.31. The summed E-state index contributed by atoms with van der Waals surface area (Å²) in [4.78, 5) is 9.09. The van der Waals surface area contributed by atoms with Crippen molar-refractivity contribution >= 4 is 33.6 Å². The molecule has 4 rings (SSSR count). The molecule has 1 unspecified atom stereocenters. The monoisotopic (exact) mass is 415 g/mol. The van der Waals surface area contributed by atoms with Gasteiger partial charge in [0.1, 0.15) is 5.69 Å². The highest BCUT2D eigenvalue weighted by Gasteiger charge is 2.43. The lowest BCUT2D eigenvalue weighted by Crippen LogP contribution is -2.92. The number of ether oxygens (including phenoxy) is 1. The Morgan fingerprint density at radius 3 is 2.59 bits per heavy atom. The van der Waals surface area contributed by atoms with Crippen molar-refractivity contribution in [3.05, 3.63) is 28.3 Å². The number of nitrogens with zero attached hydrogens (tertiary/aromatic N) is 3. The van der Waals surface area contributed by atoms with Crippen LogP contribution in [0.3, 0.4) is 0 Å². The van der Waals surface area contributed by atoms with Crippen molar-refractivity contribution in [3.8, 4) is 0 Å². The third kappa shape index (κ3) is 3.45. The van der Waals surface area contributed by atoms with Crippen molar-refractivity contribution in [1.82, 2.24) is 4.57 Å². The van der Waals surface area contributed by atoms with Gasteiger partial charge in [0.15, 0.2) is 5.54 Å². The number of hydrogen-bond donors (Lipinski definition) is 1. The highest BCUT2D eigenvalue weighted by atomic mass is 32.1. The van der Waals surface area contributed by atoms with Gasteiger partial charge in [-0.15, -0.1) is 11.3 Å². The standard InChI is InChI=1S/C23H34N4OS/c1-7-17(8-2)18-14-26(6)22-20(18)24-16(4)23(5,25-22)21-15(3)13-19(29-21)27-9-11-28-12-10-27/h13-14,17,25H,7-12H2,1-6H3/p+1. The second-order valence-electron chi connectivity index (χ2n) is 8.68. The van der Waals surface area contributed by atoms with Crippen molar-refractivity contribution in [2.24, 2.45) is 12.0 Å². The van der Waals surface area contributed by atoms with Gasteiger partial charge < -0.3 is 14.2 Å². The van der Waals surface area contributed by atoms with Gasteiger partial charge in [0.25, 0.3) is 0 Å². The molecular weight excluding hydrogens is 380 g/mol. The molecule has 0 spiro atoms. The highest BCUT2D eigenvalue weighted by Crippen LogP contribution is 2.43. The predicted molar refractivity (Wildman–Crippen MR) is 123 cm³/mol. The number of aromatic nitrogens is 1. The Morgan fingerprint density at radius 2 is 1.93 bits per heavy atom. The summed E-state index contributed by atoms with van der Waals surface area (Å²) in [5, 5.41) is 3.82. The van der Waals surface area contributed by atoms with Gasteiger partial charge in [-0.05, 0) is 44.2 Å². The van der Waals surface area contributed by atoms with Crippen molar-refractivity contribution in [3.63, 3.8) is 0 Å². The number of morpholine rings is 1. The van der Waals surface area contributed by atoms with Crippen LogP contribution in [-0.4, -0.2) is 36.6 Å². The lowest BCUT2D eigenvalue weighted by atomic mass is 9.89. The fourth-order valence-electron chi connectivity index (χ4n) is 4.79. The molecule has 4 heterocycles. The molecule has 0 bridgehead atoms. The lowest BCUT2D eigenvalue weighted by molar-refractivity contribution is -0.643. The summed E-state index contributed by atoms with van der Waals surface area (Å²) < 4.78 is 7.82. The Balaban J connectivity index is 1.72. The summed E-state index contributed by atoms with van der Waals surface area (Å²) in [7, 11) is 2.16. The summed E-state index contributed by atoms with van der Waals surface area (Å²) in [6.07, 6.45) is 4.62. The van der Waals surface area contributed by atoms with Crippen molar-refractivity contribution in [1.29, 1.82) is 0 Å². The van der Waals surface area contributed by atoms with E-state index in [1.54, 1.807) is 0 Å². The summed E-state index contributed by atoms with van der Waals surface area (Å²) >= 11 is 1.93. The maximum atomic E-state index is 5.54. The Labute approximate surface area is 178 Å². The molecule has 0 aromatic carbocycles. The summed E-state index contributed by atoms with van der Waals surface area (Å²) in [6.45, 7) is 15.0. The number of fused-ring (bicyclic) bond motifs is 1. The van der Waals surface area contributed by atoms with E-state index < -0.39 is 0 Å². The zero-order valence-electron chi connectivity index (χ0n) is 18.7. The number of aryl methyl sites for hydroxylation is 2. The van der Waals surface area contributed by atoms with Gasteiger partial charge >= 0.3 is 0 Å². The quantitative estimate of drug-likeness (QED) is 0.789. The normalized spacial score (nSPS) is 22.2. The Morgan fingerprint density at radius 1 is 1.24 bits per heavy atom. The van der Waals surface area contributed by atoms with E-state index in [1.165, 1.54) is 38.2 Å². The second kappa shape index (κ2) is 7.89. The van der Waals surface area contributed by atoms with Gasteiger partial charge in [-0.3, -0.25) is 5.32 Å². The first kappa shape index (κ1) is 20.6. The molecule has 0 aliphatic carbocycles. The van der Waals surface area contributed by atoms with E-state index >= 15 is 0 Å². The number of anilines is 1. The third-order valence-corrected chi connectivity index (χ3v) is 8.35. The van der Waals surface area contributed by atoms with Crippen molar-refractivity contribution in [2.45, 2.75) is 58.9 Å². The maximum Gasteiger partial charge on any atom is 0.232 e. The first-order chi connectivity index (χ1) is 13.9. The molecule has 5 nitrogen and oxygen atoms in total. The number of hydrogen-bond acceptors (Lipinski definition) is 4. The average Bonchev–Trinajstić information content (AvgIpc) is 3.25. The van der Waals surface area contributed by atoms with Crippen LogP contribution >= 0.6 is 11.3 Å². The molecule has 0 saturated carbocycles. The van der Waals surface area contributed by atoms with E-state index in [2.05, 4.69) is 68.7 Å². The molecule has 2 aromatic rings. The highest BCUT2D eigenvalue weighted by molar-refractivity contribution is 7.16. The van der Waals surface area contributed by atoms with E-state index in [1.807, 2.05) is 11.3 Å². The van der Waals surface area contributed by atoms with E-state index in [4.69, 9.17) is 9.73 Å². The second-order valence-corrected chi connectivity index (χ2v) is 9.71. The molecule has 1 atom stereocenters. The number of quaternary nitrogens is 1. The van der Waals surface area contributed by atoms with Crippen molar-refractivity contribution in [2.75, 3.05) is 31.2 Å². The van der Waals surface area contributed by atoms with Crippen LogP contribution in [-0.2, 0) is 17.3 Å². The van der Waals surface area contributed by atoms with Gasteiger partial charge in [-0.2, -0.15) is 0 Å². The molecular formula is C23H35N4OS+. The molecule has 0 amide bonds. The van der Waals surface area contributed by atoms with Crippen molar-refractivity contribution < 1.29 is 10.1 Å². The first-order valence-corrected chi connectivity index (χ1v) is 11.7. The molecule has 1 saturated heterocycles. The summed E-state index contributed by atoms with van der Waals surface area (Å²) in [5.41, 5.74) is 4.99. The molecule has 29 heavy (non-hydrogen) atoms. The molecule has 2 aliphatic heterocycles. The van der Waals surface area contributed by atoms with E-state index in [-0.39, 0.29) is 5.54 Å². The molecule has 6 heteroatoms. The molecule has 0 radical (unpaired) electrons. The smallest absolute Gasteiger partial charge is 0.232 e. The number of rotatable bonds is 5. The fraction of sp³-hybridized carbons (Fsp3) is 0.609. The van der Waals surface area contributed by atoms with E-state index in [9.17, 15) is 0 Å². The largest absolute Gasteiger partial charge is 0.378 e. The van der Waals surface area contributed by atoms with Gasteiger partial charge in [0, 0.05) is 38.8 Å². The minimum Gasteiger partial charge on any atom is -0.378 e. The maximum absolute atomic E-state index is 5.54. The minimum absolute atomic E-state index is 0.163. The van der Waals surface area contributed by atoms with Crippen LogP contribution in [0, 0.1) is 6.92 Å². The molecule has 2 N–H and O–H groups in total. The van der Waals surface area contributed by atoms with Crippen LogP contribution in [0.2, 0.25) is 0 Å². The van der Waals surface area contributed by atoms with E-state index in [0.29, 0.717) is 5.92 Å². The van der Waals surface area contributed by atoms with Crippen LogP contribution in [0.25, 0.3) is 0 Å². The fourth-order valence-corrected chi connectivity index (χ4v) is 6.18. The van der Waals surface area contributed by atoms with Gasteiger partial charge in [0.2, 0.25) is 5.82 Å². The van der Waals surface area contributed by atoms with Crippen LogP contribution in [0.4, 0.5) is 16.5 Å². The SMILES string of the molecule is CCC(CC)c1cn(C)c2c1N=C(C)C(C)(c1sc(N3CCOCC3)cc1C)[NH2+]2. The minimum atomic E-state index is -0.163. The number of aliphatic imine (C=N–C) groups is 1. The molecule has 2 aliphatic rings. The number of nitrogens with two attached hydrogens (primary N) is 1. The summed E-state index contributed by atoms with van der Waals surface area (Å²) in [5.74, 6) is 1.84. The topological polar surface area (TPSA) is 46.4 Å². The Bertz CT molecular complexity index is 918. The van der Waals surface area contributed by atoms with Crippen LogP contribution in [0.15, 0.2) is 17.3 Å².